The smallest absolute Gasteiger partial charge is 0.208 e. The second-order valence-electron chi connectivity index (χ2n) is 3.78. The summed E-state index contributed by atoms with van der Waals surface area (Å²) in [5.41, 5.74) is 0. The Bertz CT molecular complexity index is 508. The van der Waals surface area contributed by atoms with E-state index in [0.717, 1.165) is 12.1 Å². The van der Waals surface area contributed by atoms with Gasteiger partial charge in [0.25, 0.3) is 0 Å². The van der Waals surface area contributed by atoms with Gasteiger partial charge < -0.3 is 0 Å². The maximum absolute atomic E-state index is 13.4. The minimum absolute atomic E-state index is 0.279. The van der Waals surface area contributed by atoms with Crippen molar-refractivity contribution < 1.29 is 17.2 Å². The Morgan fingerprint density at radius 3 is 2.56 bits per heavy atom. The summed E-state index contributed by atoms with van der Waals surface area (Å²) < 4.78 is 52.4. The number of hydrogen-bond donors (Lipinski definition) is 1. The third kappa shape index (κ3) is 4.00. The third-order valence-corrected chi connectivity index (χ3v) is 4.47. The molecule has 0 fully saturated rings. The van der Waals surface area contributed by atoms with Crippen LogP contribution in [0.25, 0.3) is 0 Å². The number of alkyl halides is 1. The highest BCUT2D eigenvalue weighted by atomic mass is 79.9. The van der Waals surface area contributed by atoms with Gasteiger partial charge in [-0.15, -0.1) is 0 Å². The Hall–Kier alpha value is -0.530. The van der Waals surface area contributed by atoms with Gasteiger partial charge in [-0.05, 0) is 25.0 Å². The predicted molar refractivity (Wildman–Crippen MR) is 69.2 cm³/mol. The third-order valence-electron chi connectivity index (χ3n) is 2.46. The van der Waals surface area contributed by atoms with Gasteiger partial charge in [-0.3, -0.25) is 0 Å². The molecule has 18 heavy (non-hydrogen) atoms. The number of sulfonamides is 1. The van der Waals surface area contributed by atoms with Crippen molar-refractivity contribution in [2.75, 3.05) is 5.33 Å². The minimum Gasteiger partial charge on any atom is -0.208 e. The van der Waals surface area contributed by atoms with Crippen LogP contribution >= 0.6 is 15.9 Å². The molecule has 102 valence electrons. The van der Waals surface area contributed by atoms with Crippen molar-refractivity contribution in [2.24, 2.45) is 0 Å². The van der Waals surface area contributed by atoms with E-state index in [2.05, 4.69) is 20.7 Å². The van der Waals surface area contributed by atoms with Crippen LogP contribution in [0.1, 0.15) is 19.8 Å². The van der Waals surface area contributed by atoms with Crippen LogP contribution in [0.3, 0.4) is 0 Å². The van der Waals surface area contributed by atoms with Crippen LogP contribution in [-0.4, -0.2) is 19.8 Å². The number of hydrogen-bond acceptors (Lipinski definition) is 2. The van der Waals surface area contributed by atoms with Crippen LogP contribution in [0.2, 0.25) is 0 Å². The molecular formula is C11H14BrF2NO2S. The van der Waals surface area contributed by atoms with E-state index in [1.807, 2.05) is 6.92 Å². The highest BCUT2D eigenvalue weighted by Gasteiger charge is 2.22. The molecule has 1 unspecified atom stereocenters. The Kier molecular flexibility index (Phi) is 5.68. The van der Waals surface area contributed by atoms with Gasteiger partial charge >= 0.3 is 0 Å². The summed E-state index contributed by atoms with van der Waals surface area (Å²) in [6.45, 7) is 1.83. The van der Waals surface area contributed by atoms with Gasteiger partial charge in [0, 0.05) is 17.4 Å². The maximum atomic E-state index is 13.4. The van der Waals surface area contributed by atoms with E-state index >= 15 is 0 Å². The summed E-state index contributed by atoms with van der Waals surface area (Å²) in [7, 11) is -3.95. The zero-order valence-electron chi connectivity index (χ0n) is 9.79. The lowest BCUT2D eigenvalue weighted by Gasteiger charge is -2.16. The summed E-state index contributed by atoms with van der Waals surface area (Å²) in [5.74, 6) is -1.89. The molecule has 1 rings (SSSR count). The van der Waals surface area contributed by atoms with E-state index in [9.17, 15) is 17.2 Å². The molecule has 7 heteroatoms. The molecule has 0 amide bonds. The summed E-state index contributed by atoms with van der Waals surface area (Å²) in [5, 5.41) is 0.639. The second-order valence-corrected chi connectivity index (χ2v) is 6.25. The van der Waals surface area contributed by atoms with Gasteiger partial charge in [0.15, 0.2) is 0 Å². The topological polar surface area (TPSA) is 46.2 Å². The largest absolute Gasteiger partial charge is 0.243 e. The Morgan fingerprint density at radius 2 is 2.06 bits per heavy atom. The molecule has 0 spiro atoms. The van der Waals surface area contributed by atoms with Gasteiger partial charge in [0.2, 0.25) is 10.0 Å². The predicted octanol–water partition coefficient (Wildman–Crippen LogP) is 2.81. The quantitative estimate of drug-likeness (QED) is 0.808. The maximum Gasteiger partial charge on any atom is 0.243 e. The second kappa shape index (κ2) is 6.58. The van der Waals surface area contributed by atoms with Crippen molar-refractivity contribution in [2.45, 2.75) is 30.7 Å². The highest BCUT2D eigenvalue weighted by Crippen LogP contribution is 2.16. The molecule has 0 aromatic heterocycles. The number of nitrogens with one attached hydrogen (secondary N) is 1. The molecule has 0 aliphatic carbocycles. The molecule has 0 bridgehead atoms. The lowest BCUT2D eigenvalue weighted by molar-refractivity contribution is 0.518. The van der Waals surface area contributed by atoms with E-state index in [4.69, 9.17) is 0 Å². The Morgan fingerprint density at radius 1 is 1.39 bits per heavy atom. The van der Waals surface area contributed by atoms with Gasteiger partial charge in [-0.2, -0.15) is 0 Å². The first-order valence-corrected chi connectivity index (χ1v) is 8.04. The van der Waals surface area contributed by atoms with Gasteiger partial charge in [0.1, 0.15) is 16.5 Å². The van der Waals surface area contributed by atoms with Gasteiger partial charge in [-0.25, -0.2) is 21.9 Å². The Labute approximate surface area is 114 Å². The molecule has 0 heterocycles. The van der Waals surface area contributed by atoms with Crippen LogP contribution in [0.5, 0.6) is 0 Å². The summed E-state index contributed by atoms with van der Waals surface area (Å²) in [6, 6.07) is 2.12. The fraction of sp³-hybridized carbons (Fsp3) is 0.455. The normalized spacial score (nSPS) is 13.6. The lowest BCUT2D eigenvalue weighted by atomic mass is 10.2. The standard InChI is InChI=1S/C11H14BrF2NO2S/c1-2-9(5-6-12)15-18(16,17)11-4-3-8(13)7-10(11)14/h3-4,7,9,15H,2,5-6H2,1H3. The molecule has 0 aliphatic heterocycles. The minimum atomic E-state index is -3.95. The SMILES string of the molecule is CCC(CCBr)NS(=O)(=O)c1ccc(F)cc1F. The molecular weight excluding hydrogens is 328 g/mol. The van der Waals surface area contributed by atoms with Gasteiger partial charge in [-0.1, -0.05) is 22.9 Å². The van der Waals surface area contributed by atoms with Crippen molar-refractivity contribution in [1.82, 2.24) is 4.72 Å². The van der Waals surface area contributed by atoms with Crippen molar-refractivity contribution >= 4 is 26.0 Å². The van der Waals surface area contributed by atoms with Crippen LogP contribution < -0.4 is 4.72 Å². The molecule has 0 radical (unpaired) electrons. The lowest BCUT2D eigenvalue weighted by Crippen LogP contribution is -2.35. The molecule has 3 nitrogen and oxygen atoms in total. The van der Waals surface area contributed by atoms with Crippen molar-refractivity contribution in [3.8, 4) is 0 Å². The molecule has 0 saturated carbocycles. The van der Waals surface area contributed by atoms with E-state index in [1.54, 1.807) is 0 Å². The molecule has 0 saturated heterocycles. The zero-order chi connectivity index (χ0) is 13.8. The molecule has 1 N–H and O–H groups in total. The number of benzene rings is 1. The van der Waals surface area contributed by atoms with Crippen LogP contribution in [0.15, 0.2) is 23.1 Å². The van der Waals surface area contributed by atoms with E-state index in [0.29, 0.717) is 24.2 Å². The van der Waals surface area contributed by atoms with Crippen LogP contribution in [-0.2, 0) is 10.0 Å². The first kappa shape index (κ1) is 15.5. The first-order chi connectivity index (χ1) is 8.40. The van der Waals surface area contributed by atoms with Crippen molar-refractivity contribution in [1.29, 1.82) is 0 Å². The van der Waals surface area contributed by atoms with E-state index in [-0.39, 0.29) is 6.04 Å². The Balaban J connectivity index is 2.99. The molecule has 1 atom stereocenters. The fourth-order valence-corrected chi connectivity index (χ4v) is 3.42. The highest BCUT2D eigenvalue weighted by molar-refractivity contribution is 9.09. The van der Waals surface area contributed by atoms with Crippen molar-refractivity contribution in [3.63, 3.8) is 0 Å². The van der Waals surface area contributed by atoms with Gasteiger partial charge in [0.05, 0.1) is 0 Å². The summed E-state index contributed by atoms with van der Waals surface area (Å²) >= 11 is 3.22. The zero-order valence-corrected chi connectivity index (χ0v) is 12.2. The summed E-state index contributed by atoms with van der Waals surface area (Å²) in [4.78, 5) is -0.531. The average Bonchev–Trinajstić information content (AvgIpc) is 2.27. The van der Waals surface area contributed by atoms with Crippen LogP contribution in [0, 0.1) is 11.6 Å². The fourth-order valence-electron chi connectivity index (χ4n) is 1.45. The average molecular weight is 342 g/mol. The van der Waals surface area contributed by atoms with Crippen LogP contribution in [0.4, 0.5) is 8.78 Å². The summed E-state index contributed by atoms with van der Waals surface area (Å²) in [6.07, 6.45) is 1.19. The molecule has 1 aromatic rings. The van der Waals surface area contributed by atoms with Crippen molar-refractivity contribution in [3.05, 3.63) is 29.8 Å². The molecule has 1 aromatic carbocycles. The van der Waals surface area contributed by atoms with E-state index in [1.165, 1.54) is 0 Å². The monoisotopic (exact) mass is 341 g/mol. The van der Waals surface area contributed by atoms with E-state index < -0.39 is 26.6 Å². The molecule has 0 aliphatic rings. The number of rotatable bonds is 6. The number of halogens is 3. The first-order valence-electron chi connectivity index (χ1n) is 5.44.